The minimum absolute atomic E-state index is 0.624. The molecular formula is C10H15ClN2S. The molecule has 0 amide bonds. The first-order valence-electron chi connectivity index (χ1n) is 5.10. The van der Waals surface area contributed by atoms with Crippen LogP contribution in [0.25, 0.3) is 0 Å². The maximum Gasteiger partial charge on any atom is 0.187 e. The van der Waals surface area contributed by atoms with E-state index in [9.17, 15) is 0 Å². The van der Waals surface area contributed by atoms with Crippen LogP contribution in [0.15, 0.2) is 5.38 Å². The van der Waals surface area contributed by atoms with Crippen molar-refractivity contribution in [2.24, 2.45) is 5.92 Å². The van der Waals surface area contributed by atoms with E-state index in [2.05, 4.69) is 23.7 Å². The topological polar surface area (TPSA) is 16.1 Å². The van der Waals surface area contributed by atoms with Gasteiger partial charge in [0.25, 0.3) is 0 Å². The smallest absolute Gasteiger partial charge is 0.187 e. The number of hydrogen-bond donors (Lipinski definition) is 0. The molecule has 0 aliphatic carbocycles. The van der Waals surface area contributed by atoms with Crippen molar-refractivity contribution < 1.29 is 0 Å². The Bertz CT molecular complexity index is 313. The predicted molar refractivity (Wildman–Crippen MR) is 62.3 cm³/mol. The highest BCUT2D eigenvalue weighted by molar-refractivity contribution is 7.14. The van der Waals surface area contributed by atoms with Crippen molar-refractivity contribution in [3.8, 4) is 0 Å². The van der Waals surface area contributed by atoms with Crippen molar-refractivity contribution in [3.63, 3.8) is 0 Å². The average molecular weight is 231 g/mol. The maximum atomic E-state index is 5.84. The predicted octanol–water partition coefficient (Wildman–Crippen LogP) is 3.42. The molecule has 0 spiro atoms. The van der Waals surface area contributed by atoms with Gasteiger partial charge in [0.2, 0.25) is 0 Å². The van der Waals surface area contributed by atoms with Crippen molar-refractivity contribution >= 4 is 28.1 Å². The first-order valence-corrected chi connectivity index (χ1v) is 6.35. The summed E-state index contributed by atoms with van der Waals surface area (Å²) in [6, 6.07) is 0.650. The lowest BCUT2D eigenvalue weighted by Crippen LogP contribution is -2.31. The van der Waals surface area contributed by atoms with Gasteiger partial charge in [0.15, 0.2) is 5.13 Å². The molecule has 78 valence electrons. The quantitative estimate of drug-likeness (QED) is 0.774. The van der Waals surface area contributed by atoms with Crippen molar-refractivity contribution in [1.29, 1.82) is 0 Å². The Hall–Kier alpha value is -0.280. The van der Waals surface area contributed by atoms with E-state index in [1.54, 1.807) is 11.3 Å². The summed E-state index contributed by atoms with van der Waals surface area (Å²) in [6.45, 7) is 5.70. The minimum Gasteiger partial charge on any atom is -0.345 e. The Kier molecular flexibility index (Phi) is 2.98. The Morgan fingerprint density at radius 3 is 3.07 bits per heavy atom. The minimum atomic E-state index is 0.624. The van der Waals surface area contributed by atoms with Gasteiger partial charge < -0.3 is 4.90 Å². The van der Waals surface area contributed by atoms with Gasteiger partial charge in [-0.05, 0) is 18.8 Å². The molecule has 0 radical (unpaired) electrons. The van der Waals surface area contributed by atoms with Crippen LogP contribution in [0.1, 0.15) is 26.7 Å². The van der Waals surface area contributed by atoms with Crippen LogP contribution in [0.4, 0.5) is 5.13 Å². The third kappa shape index (κ3) is 1.75. The van der Waals surface area contributed by atoms with Gasteiger partial charge in [-0.2, -0.15) is 0 Å². The number of hydrogen-bond acceptors (Lipinski definition) is 3. The first kappa shape index (κ1) is 10.2. The van der Waals surface area contributed by atoms with Crippen molar-refractivity contribution in [1.82, 2.24) is 4.98 Å². The molecular weight excluding hydrogens is 216 g/mol. The van der Waals surface area contributed by atoms with Crippen LogP contribution in [-0.4, -0.2) is 17.6 Å². The molecule has 1 saturated heterocycles. The Morgan fingerprint density at radius 2 is 2.50 bits per heavy atom. The zero-order valence-corrected chi connectivity index (χ0v) is 10.1. The standard InChI is InChI=1S/C10H15ClN2S/c1-3-8-7(2)4-5-13(8)10-12-9(11)6-14-10/h6-8H,3-5H2,1-2H3. The Morgan fingerprint density at radius 1 is 1.71 bits per heavy atom. The second-order valence-electron chi connectivity index (χ2n) is 3.89. The van der Waals surface area contributed by atoms with E-state index in [-0.39, 0.29) is 0 Å². The third-order valence-corrected chi connectivity index (χ3v) is 4.21. The molecule has 2 heterocycles. The number of thiazole rings is 1. The fraction of sp³-hybridized carbons (Fsp3) is 0.700. The second-order valence-corrected chi connectivity index (χ2v) is 5.11. The molecule has 1 aromatic heterocycles. The van der Waals surface area contributed by atoms with Gasteiger partial charge >= 0.3 is 0 Å². The van der Waals surface area contributed by atoms with Crippen LogP contribution >= 0.6 is 22.9 Å². The van der Waals surface area contributed by atoms with Crippen molar-refractivity contribution in [2.75, 3.05) is 11.4 Å². The zero-order chi connectivity index (χ0) is 10.1. The van der Waals surface area contributed by atoms with Crippen LogP contribution < -0.4 is 4.90 Å². The molecule has 1 aliphatic rings. The monoisotopic (exact) mass is 230 g/mol. The maximum absolute atomic E-state index is 5.84. The number of nitrogens with zero attached hydrogens (tertiary/aromatic N) is 2. The molecule has 0 aromatic carbocycles. The molecule has 4 heteroatoms. The van der Waals surface area contributed by atoms with Crippen LogP contribution in [-0.2, 0) is 0 Å². The van der Waals surface area contributed by atoms with E-state index < -0.39 is 0 Å². The summed E-state index contributed by atoms with van der Waals surface area (Å²) in [5, 5.41) is 3.62. The van der Waals surface area contributed by atoms with Gasteiger partial charge in [0, 0.05) is 18.0 Å². The van der Waals surface area contributed by atoms with E-state index in [4.69, 9.17) is 11.6 Å². The fourth-order valence-corrected chi connectivity index (χ4v) is 3.28. The summed E-state index contributed by atoms with van der Waals surface area (Å²) in [5.74, 6) is 0.780. The average Bonchev–Trinajstić information content (AvgIpc) is 2.71. The lowest BCUT2D eigenvalue weighted by atomic mass is 10.0. The van der Waals surface area contributed by atoms with Crippen LogP contribution in [0.3, 0.4) is 0 Å². The molecule has 1 aliphatic heterocycles. The molecule has 0 saturated carbocycles. The number of aromatic nitrogens is 1. The van der Waals surface area contributed by atoms with Gasteiger partial charge in [0.1, 0.15) is 5.15 Å². The Balaban J connectivity index is 2.18. The molecule has 2 unspecified atom stereocenters. The van der Waals surface area contributed by atoms with Crippen LogP contribution in [0.5, 0.6) is 0 Å². The van der Waals surface area contributed by atoms with Gasteiger partial charge in [-0.3, -0.25) is 0 Å². The van der Waals surface area contributed by atoms with Crippen LogP contribution in [0, 0.1) is 5.92 Å². The first-order chi connectivity index (χ1) is 6.72. The molecule has 2 atom stereocenters. The lowest BCUT2D eigenvalue weighted by molar-refractivity contribution is 0.499. The summed E-state index contributed by atoms with van der Waals surface area (Å²) >= 11 is 7.49. The van der Waals surface area contributed by atoms with E-state index in [0.717, 1.165) is 17.6 Å². The summed E-state index contributed by atoms with van der Waals surface area (Å²) in [5.41, 5.74) is 0. The Labute approximate surface area is 93.9 Å². The van der Waals surface area contributed by atoms with Gasteiger partial charge in [-0.15, -0.1) is 11.3 Å². The lowest BCUT2D eigenvalue weighted by Gasteiger charge is -2.25. The van der Waals surface area contributed by atoms with Gasteiger partial charge in [-0.1, -0.05) is 25.4 Å². The van der Waals surface area contributed by atoms with E-state index in [1.165, 1.54) is 12.8 Å². The summed E-state index contributed by atoms with van der Waals surface area (Å²) in [7, 11) is 0. The molecule has 1 aromatic rings. The second kappa shape index (κ2) is 4.07. The molecule has 0 N–H and O–H groups in total. The highest BCUT2D eigenvalue weighted by Gasteiger charge is 2.31. The normalized spacial score (nSPS) is 27.2. The third-order valence-electron chi connectivity index (χ3n) is 3.01. The van der Waals surface area contributed by atoms with Gasteiger partial charge in [0.05, 0.1) is 0 Å². The highest BCUT2D eigenvalue weighted by atomic mass is 35.5. The number of anilines is 1. The molecule has 2 nitrogen and oxygen atoms in total. The molecule has 1 fully saturated rings. The molecule has 2 rings (SSSR count). The summed E-state index contributed by atoms with van der Waals surface area (Å²) in [6.07, 6.45) is 2.47. The summed E-state index contributed by atoms with van der Waals surface area (Å²) < 4.78 is 0. The largest absolute Gasteiger partial charge is 0.345 e. The van der Waals surface area contributed by atoms with Crippen LogP contribution in [0.2, 0.25) is 5.15 Å². The zero-order valence-electron chi connectivity index (χ0n) is 8.53. The number of halogens is 1. The SMILES string of the molecule is CCC1C(C)CCN1c1nc(Cl)cs1. The highest BCUT2D eigenvalue weighted by Crippen LogP contribution is 2.33. The van der Waals surface area contributed by atoms with E-state index in [1.807, 2.05) is 5.38 Å². The van der Waals surface area contributed by atoms with Gasteiger partial charge in [-0.25, -0.2) is 4.98 Å². The van der Waals surface area contributed by atoms with Crippen molar-refractivity contribution in [2.45, 2.75) is 32.7 Å². The molecule has 14 heavy (non-hydrogen) atoms. The van der Waals surface area contributed by atoms with E-state index >= 15 is 0 Å². The molecule has 0 bridgehead atoms. The summed E-state index contributed by atoms with van der Waals surface area (Å²) in [4.78, 5) is 6.74. The number of rotatable bonds is 2. The van der Waals surface area contributed by atoms with Crippen molar-refractivity contribution in [3.05, 3.63) is 10.5 Å². The van der Waals surface area contributed by atoms with E-state index in [0.29, 0.717) is 11.2 Å². The fourth-order valence-electron chi connectivity index (χ4n) is 2.25.